The Hall–Kier alpha value is -6.30. The van der Waals surface area contributed by atoms with Crippen LogP contribution in [0.1, 0.15) is 11.1 Å². The first-order valence-electron chi connectivity index (χ1n) is 16.2. The van der Waals surface area contributed by atoms with E-state index in [4.69, 9.17) is 15.6 Å². The summed E-state index contributed by atoms with van der Waals surface area (Å²) >= 11 is 1.82. The summed E-state index contributed by atoms with van der Waals surface area (Å²) < 4.78 is 8.53. The zero-order valence-electron chi connectivity index (χ0n) is 26.4. The number of hydrogen-bond donors (Lipinski definition) is 2. The second-order valence-corrected chi connectivity index (χ2v) is 13.3. The van der Waals surface area contributed by atoms with Crippen molar-refractivity contribution in [3.05, 3.63) is 169 Å². The van der Waals surface area contributed by atoms with E-state index in [0.29, 0.717) is 11.4 Å². The molecule has 9 aromatic rings. The van der Waals surface area contributed by atoms with E-state index in [2.05, 4.69) is 102 Å². The third kappa shape index (κ3) is 5.17. The van der Waals surface area contributed by atoms with Crippen molar-refractivity contribution >= 4 is 65.1 Å². The molecule has 2 heterocycles. The van der Waals surface area contributed by atoms with Gasteiger partial charge in [0, 0.05) is 42.1 Å². The number of nitrogens with one attached hydrogen (secondary N) is 1. The van der Waals surface area contributed by atoms with E-state index in [0.717, 1.165) is 33.1 Å². The Morgan fingerprint density at radius 3 is 2.04 bits per heavy atom. The number of aliphatic imine (C=N–C) groups is 1. The predicted octanol–water partition coefficient (Wildman–Crippen LogP) is 11.7. The Morgan fingerprint density at radius 1 is 0.510 bits per heavy atom. The van der Waals surface area contributed by atoms with Crippen molar-refractivity contribution in [1.29, 1.82) is 5.41 Å². The first-order chi connectivity index (χ1) is 24.1. The Bertz CT molecular complexity index is 2740. The lowest BCUT2D eigenvalue weighted by molar-refractivity contribution is 0.669. The molecule has 3 N–H and O–H groups in total. The molecular weight excluding hydrogens is 619 g/mol. The topological polar surface area (TPSA) is 75.4 Å². The second-order valence-electron chi connectivity index (χ2n) is 12.2. The predicted molar refractivity (Wildman–Crippen MR) is 207 cm³/mol. The highest BCUT2D eigenvalue weighted by Gasteiger charge is 2.14. The van der Waals surface area contributed by atoms with E-state index in [1.165, 1.54) is 48.0 Å². The average Bonchev–Trinajstić information content (AvgIpc) is 3.73. The summed E-state index contributed by atoms with van der Waals surface area (Å²) in [4.78, 5) is 4.46. The van der Waals surface area contributed by atoms with Crippen LogP contribution in [0.15, 0.2) is 167 Å². The minimum absolute atomic E-state index is 0.0866. The van der Waals surface area contributed by atoms with Crippen LogP contribution in [0.4, 0.5) is 0 Å². The number of amidine groups is 2. The third-order valence-corrected chi connectivity index (χ3v) is 10.3. The van der Waals surface area contributed by atoms with E-state index in [1.54, 1.807) is 0 Å². The molecule has 0 fully saturated rings. The fraction of sp³-hybridized carbons (Fsp3) is 0. The Kier molecular flexibility index (Phi) is 6.92. The van der Waals surface area contributed by atoms with Crippen LogP contribution in [0, 0.1) is 5.41 Å². The largest absolute Gasteiger partial charge is 0.456 e. The molecule has 0 aliphatic heterocycles. The first kappa shape index (κ1) is 28.9. The fourth-order valence-electron chi connectivity index (χ4n) is 6.70. The van der Waals surface area contributed by atoms with Gasteiger partial charge >= 0.3 is 0 Å². The van der Waals surface area contributed by atoms with E-state index in [1.807, 2.05) is 72.0 Å². The normalized spacial score (nSPS) is 12.0. The molecule has 0 unspecified atom stereocenters. The minimum atomic E-state index is 0.0866. The zero-order valence-corrected chi connectivity index (χ0v) is 27.2. The van der Waals surface area contributed by atoms with Gasteiger partial charge in [-0.1, -0.05) is 115 Å². The summed E-state index contributed by atoms with van der Waals surface area (Å²) in [5, 5.41) is 13.2. The van der Waals surface area contributed by atoms with E-state index in [9.17, 15) is 0 Å². The Balaban J connectivity index is 1.03. The quantitative estimate of drug-likeness (QED) is 0.144. The summed E-state index contributed by atoms with van der Waals surface area (Å²) in [6.07, 6.45) is 0. The molecule has 7 aromatic carbocycles. The maximum atomic E-state index is 8.67. The zero-order chi connectivity index (χ0) is 32.9. The Morgan fingerprint density at radius 2 is 1.18 bits per heavy atom. The van der Waals surface area contributed by atoms with Crippen LogP contribution in [0.25, 0.3) is 75.5 Å². The van der Waals surface area contributed by atoms with Gasteiger partial charge in [-0.2, -0.15) is 0 Å². The molecule has 5 heteroatoms. The molecule has 49 heavy (non-hydrogen) atoms. The summed E-state index contributed by atoms with van der Waals surface area (Å²) in [6, 6.07) is 54.4. The maximum Gasteiger partial charge on any atom is 0.154 e. The molecule has 0 spiro atoms. The van der Waals surface area contributed by atoms with Crippen LogP contribution in [-0.4, -0.2) is 11.7 Å². The van der Waals surface area contributed by atoms with Crippen LogP contribution in [-0.2, 0) is 0 Å². The first-order valence-corrected chi connectivity index (χ1v) is 17.0. The highest BCUT2D eigenvalue weighted by molar-refractivity contribution is 7.26. The van der Waals surface area contributed by atoms with Crippen LogP contribution < -0.4 is 5.73 Å². The molecule has 0 saturated carbocycles. The summed E-state index contributed by atoms with van der Waals surface area (Å²) in [7, 11) is 0. The minimum Gasteiger partial charge on any atom is -0.456 e. The van der Waals surface area contributed by atoms with Crippen molar-refractivity contribution in [1.82, 2.24) is 0 Å². The van der Waals surface area contributed by atoms with Gasteiger partial charge in [-0.15, -0.1) is 11.3 Å². The lowest BCUT2D eigenvalue weighted by Crippen LogP contribution is -2.15. The smallest absolute Gasteiger partial charge is 0.154 e. The standard InChI is InChI=1S/C44H29N3OS/c45-43(47-44(46)33-20-22-36-35-12-4-5-14-38(35)48-39(36)26-33)29-18-16-28(17-19-29)34-13-7-15-41-42(34)37-25-32(21-23-40(37)49-41)31-11-6-10-30(24-31)27-8-2-1-3-9-27/h1-26H,(H3,45,46,47). The highest BCUT2D eigenvalue weighted by atomic mass is 32.1. The van der Waals surface area contributed by atoms with Gasteiger partial charge in [0.25, 0.3) is 0 Å². The summed E-state index contributed by atoms with van der Waals surface area (Å²) in [5.41, 5.74) is 16.5. The molecule has 2 aromatic heterocycles. The molecule has 0 aliphatic rings. The van der Waals surface area contributed by atoms with Crippen molar-refractivity contribution in [3.8, 4) is 33.4 Å². The van der Waals surface area contributed by atoms with Gasteiger partial charge < -0.3 is 10.2 Å². The lowest BCUT2D eigenvalue weighted by atomic mass is 9.95. The fourth-order valence-corrected chi connectivity index (χ4v) is 7.81. The van der Waals surface area contributed by atoms with Crippen LogP contribution in [0.2, 0.25) is 0 Å². The molecule has 0 amide bonds. The number of nitrogens with zero attached hydrogens (tertiary/aromatic N) is 1. The monoisotopic (exact) mass is 647 g/mol. The lowest BCUT2D eigenvalue weighted by Gasteiger charge is -2.09. The van der Waals surface area contributed by atoms with Crippen molar-refractivity contribution < 1.29 is 4.42 Å². The van der Waals surface area contributed by atoms with Gasteiger partial charge in [-0.25, -0.2) is 4.99 Å². The molecular formula is C44H29N3OS. The molecule has 0 bridgehead atoms. The SMILES string of the molecule is N=C(N=C(N)c1ccc(-c2cccc3sc4ccc(-c5cccc(-c6ccccc6)c5)cc4c23)cc1)c1ccc2c(c1)oc1ccccc12. The van der Waals surface area contributed by atoms with Crippen molar-refractivity contribution in [3.63, 3.8) is 0 Å². The maximum absolute atomic E-state index is 8.67. The number of thiophene rings is 1. The van der Waals surface area contributed by atoms with Gasteiger partial charge in [0.1, 0.15) is 17.0 Å². The van der Waals surface area contributed by atoms with Crippen LogP contribution in [0.3, 0.4) is 0 Å². The molecule has 4 nitrogen and oxygen atoms in total. The molecule has 0 atom stereocenters. The number of furan rings is 1. The average molecular weight is 648 g/mol. The van der Waals surface area contributed by atoms with E-state index < -0.39 is 0 Å². The number of rotatable bonds is 5. The van der Waals surface area contributed by atoms with Gasteiger partial charge in [0.2, 0.25) is 0 Å². The van der Waals surface area contributed by atoms with Gasteiger partial charge in [-0.05, 0) is 75.8 Å². The van der Waals surface area contributed by atoms with Crippen LogP contribution >= 0.6 is 11.3 Å². The van der Waals surface area contributed by atoms with Crippen molar-refractivity contribution in [2.24, 2.45) is 10.7 Å². The van der Waals surface area contributed by atoms with Crippen molar-refractivity contribution in [2.45, 2.75) is 0 Å². The Labute approximate surface area is 286 Å². The van der Waals surface area contributed by atoms with Gasteiger partial charge in [0.05, 0.1) is 0 Å². The number of hydrogen-bond acceptors (Lipinski definition) is 3. The number of fused-ring (bicyclic) bond motifs is 6. The van der Waals surface area contributed by atoms with Crippen molar-refractivity contribution in [2.75, 3.05) is 0 Å². The number of benzene rings is 7. The third-order valence-electron chi connectivity index (χ3n) is 9.17. The number of para-hydroxylation sites is 1. The number of nitrogens with two attached hydrogens (primary N) is 1. The van der Waals surface area contributed by atoms with E-state index in [-0.39, 0.29) is 5.84 Å². The molecule has 9 rings (SSSR count). The van der Waals surface area contributed by atoms with Crippen LogP contribution in [0.5, 0.6) is 0 Å². The van der Waals surface area contributed by atoms with Gasteiger partial charge in [-0.3, -0.25) is 5.41 Å². The molecule has 0 saturated heterocycles. The summed E-state index contributed by atoms with van der Waals surface area (Å²) in [5.74, 6) is 0.381. The summed E-state index contributed by atoms with van der Waals surface area (Å²) in [6.45, 7) is 0. The second kappa shape index (κ2) is 11.7. The van der Waals surface area contributed by atoms with Gasteiger partial charge in [0.15, 0.2) is 5.84 Å². The highest BCUT2D eigenvalue weighted by Crippen LogP contribution is 2.42. The van der Waals surface area contributed by atoms with E-state index >= 15 is 0 Å². The molecule has 232 valence electrons. The molecule has 0 radical (unpaired) electrons. The molecule has 0 aliphatic carbocycles.